The highest BCUT2D eigenvalue weighted by Gasteiger charge is 2.17. The van der Waals surface area contributed by atoms with E-state index in [0.29, 0.717) is 5.69 Å². The first kappa shape index (κ1) is 19.4. The molecule has 0 aliphatic rings. The van der Waals surface area contributed by atoms with Crippen LogP contribution in [0.4, 0.5) is 0 Å². The highest BCUT2D eigenvalue weighted by molar-refractivity contribution is 5.94. The molecular weight excluding hydrogens is 334 g/mol. The number of carbonyl (C=O) groups is 2. The lowest BCUT2D eigenvalue weighted by Crippen LogP contribution is -2.35. The quantitative estimate of drug-likeness (QED) is 0.772. The van der Waals surface area contributed by atoms with E-state index < -0.39 is 17.4 Å². The fourth-order valence-electron chi connectivity index (χ4n) is 2.47. The second kappa shape index (κ2) is 8.42. The van der Waals surface area contributed by atoms with Gasteiger partial charge < -0.3 is 15.0 Å². The van der Waals surface area contributed by atoms with Crippen LogP contribution in [0.5, 0.6) is 0 Å². The maximum atomic E-state index is 12.3. The Kier molecular flexibility index (Phi) is 6.27. The third-order valence-electron chi connectivity index (χ3n) is 3.62. The van der Waals surface area contributed by atoms with Crippen molar-refractivity contribution in [1.82, 2.24) is 15.3 Å². The minimum Gasteiger partial charge on any atom is -0.462 e. The van der Waals surface area contributed by atoms with Gasteiger partial charge in [-0.15, -0.1) is 0 Å². The van der Waals surface area contributed by atoms with E-state index in [1.807, 2.05) is 24.3 Å². The molecule has 0 fully saturated rings. The van der Waals surface area contributed by atoms with Crippen LogP contribution in [0.3, 0.4) is 0 Å². The zero-order valence-corrected chi connectivity index (χ0v) is 15.3. The van der Waals surface area contributed by atoms with Crippen LogP contribution in [-0.2, 0) is 9.53 Å². The molecule has 0 atom stereocenters. The van der Waals surface area contributed by atoms with Gasteiger partial charge in [0.15, 0.2) is 5.69 Å². The fourth-order valence-corrected chi connectivity index (χ4v) is 2.47. The Morgan fingerprint density at radius 2 is 1.88 bits per heavy atom. The predicted molar refractivity (Wildman–Crippen MR) is 97.9 cm³/mol. The first-order valence-corrected chi connectivity index (χ1v) is 8.46. The van der Waals surface area contributed by atoms with Crippen molar-refractivity contribution in [3.63, 3.8) is 0 Å². The normalized spacial score (nSPS) is 10.8. The van der Waals surface area contributed by atoms with E-state index in [1.54, 1.807) is 13.8 Å². The summed E-state index contributed by atoms with van der Waals surface area (Å²) in [4.78, 5) is 42.5. The van der Waals surface area contributed by atoms with Crippen molar-refractivity contribution in [2.24, 2.45) is 0 Å². The molecule has 7 heteroatoms. The third-order valence-corrected chi connectivity index (χ3v) is 3.62. The zero-order chi connectivity index (χ0) is 19.3. The van der Waals surface area contributed by atoms with Crippen LogP contribution >= 0.6 is 0 Å². The van der Waals surface area contributed by atoms with E-state index in [1.165, 1.54) is 6.20 Å². The average molecular weight is 357 g/mol. The van der Waals surface area contributed by atoms with Crippen LogP contribution in [0.15, 0.2) is 35.3 Å². The number of hydrogen-bond acceptors (Lipinski definition) is 5. The molecule has 2 N–H and O–H groups in total. The van der Waals surface area contributed by atoms with Gasteiger partial charge in [-0.2, -0.15) is 0 Å². The van der Waals surface area contributed by atoms with Crippen molar-refractivity contribution in [1.29, 1.82) is 0 Å². The molecule has 0 radical (unpaired) electrons. The molecule has 1 aromatic heterocycles. The minimum atomic E-state index is -0.726. The molecule has 0 saturated heterocycles. The van der Waals surface area contributed by atoms with Crippen molar-refractivity contribution in [3.8, 4) is 11.3 Å². The number of benzene rings is 1. The molecule has 7 nitrogen and oxygen atoms in total. The number of esters is 1. The van der Waals surface area contributed by atoms with Gasteiger partial charge in [-0.25, -0.2) is 4.98 Å². The van der Waals surface area contributed by atoms with Crippen LogP contribution in [0.25, 0.3) is 11.3 Å². The van der Waals surface area contributed by atoms with E-state index in [0.717, 1.165) is 11.1 Å². The molecular formula is C19H23N3O4. The number of H-pyrrole nitrogens is 1. The molecule has 2 rings (SSSR count). The molecule has 0 bridgehead atoms. The summed E-state index contributed by atoms with van der Waals surface area (Å²) < 4.78 is 4.94. The van der Waals surface area contributed by atoms with Gasteiger partial charge in [0.25, 0.3) is 11.5 Å². The average Bonchev–Trinajstić information content (AvgIpc) is 2.59. The summed E-state index contributed by atoms with van der Waals surface area (Å²) in [5.41, 5.74) is 1.47. The largest absolute Gasteiger partial charge is 0.462 e. The summed E-state index contributed by atoms with van der Waals surface area (Å²) in [6, 6.07) is 7.67. The topological polar surface area (TPSA) is 101 Å². The maximum Gasteiger partial charge on any atom is 0.325 e. The lowest BCUT2D eigenvalue weighted by atomic mass is 9.95. The minimum absolute atomic E-state index is 0.253. The Labute approximate surface area is 151 Å². The van der Waals surface area contributed by atoms with Crippen molar-refractivity contribution in [3.05, 3.63) is 52.1 Å². The Bertz CT molecular complexity index is 856. The molecule has 0 spiro atoms. The Morgan fingerprint density at radius 1 is 1.19 bits per heavy atom. The number of nitrogens with one attached hydrogen (secondary N) is 2. The lowest BCUT2D eigenvalue weighted by molar-refractivity contribution is -0.146. The monoisotopic (exact) mass is 357 g/mol. The standard InChI is InChI=1S/C19H23N3O4/c1-11(2)13-7-5-6-8-14(13)15-9-20-18(24)17(22-15)19(25)21-10-16(23)26-12(3)4/h5-9,11-12H,10H2,1-4H3,(H,20,24)(H,21,25). The van der Waals surface area contributed by atoms with Crippen molar-refractivity contribution in [2.45, 2.75) is 39.7 Å². The molecule has 0 saturated carbocycles. The van der Waals surface area contributed by atoms with Crippen LogP contribution in [0, 0.1) is 0 Å². The molecule has 0 aliphatic heterocycles. The van der Waals surface area contributed by atoms with Gasteiger partial charge in [0.1, 0.15) is 6.54 Å². The number of rotatable bonds is 6. The van der Waals surface area contributed by atoms with Crippen LogP contribution in [0.1, 0.15) is 49.7 Å². The Morgan fingerprint density at radius 3 is 2.54 bits per heavy atom. The zero-order valence-electron chi connectivity index (χ0n) is 15.3. The van der Waals surface area contributed by atoms with E-state index >= 15 is 0 Å². The number of ether oxygens (including phenoxy) is 1. The number of nitrogens with zero attached hydrogens (tertiary/aromatic N) is 1. The summed E-state index contributed by atoms with van der Waals surface area (Å²) in [5, 5.41) is 2.37. The van der Waals surface area contributed by atoms with Gasteiger partial charge in [-0.1, -0.05) is 38.1 Å². The van der Waals surface area contributed by atoms with Gasteiger partial charge in [-0.05, 0) is 25.3 Å². The second-order valence-corrected chi connectivity index (χ2v) is 6.43. The van der Waals surface area contributed by atoms with E-state index in [9.17, 15) is 14.4 Å². The van der Waals surface area contributed by atoms with Crippen molar-refractivity contribution >= 4 is 11.9 Å². The lowest BCUT2D eigenvalue weighted by Gasteiger charge is -2.12. The van der Waals surface area contributed by atoms with Gasteiger partial charge in [0.05, 0.1) is 11.8 Å². The maximum absolute atomic E-state index is 12.3. The summed E-state index contributed by atoms with van der Waals surface area (Å²) in [6.07, 6.45) is 1.20. The summed E-state index contributed by atoms with van der Waals surface area (Å²) in [6.45, 7) is 7.20. The third kappa shape index (κ3) is 4.78. The fraction of sp³-hybridized carbons (Fsp3) is 0.368. The molecule has 1 heterocycles. The van der Waals surface area contributed by atoms with Gasteiger partial charge in [0, 0.05) is 11.8 Å². The SMILES string of the molecule is CC(C)OC(=O)CNC(=O)c1nc(-c2ccccc2C(C)C)c[nH]c1=O. The summed E-state index contributed by atoms with van der Waals surface area (Å²) >= 11 is 0. The van der Waals surface area contributed by atoms with E-state index in [4.69, 9.17) is 4.74 Å². The number of aromatic amines is 1. The van der Waals surface area contributed by atoms with Gasteiger partial charge in [-0.3, -0.25) is 14.4 Å². The van der Waals surface area contributed by atoms with E-state index in [-0.39, 0.29) is 24.3 Å². The van der Waals surface area contributed by atoms with Crippen LogP contribution in [-0.4, -0.2) is 34.5 Å². The smallest absolute Gasteiger partial charge is 0.325 e. The first-order valence-electron chi connectivity index (χ1n) is 8.46. The molecule has 2 aromatic rings. The number of aromatic nitrogens is 2. The van der Waals surface area contributed by atoms with E-state index in [2.05, 4.69) is 29.1 Å². The van der Waals surface area contributed by atoms with Crippen molar-refractivity contribution < 1.29 is 14.3 Å². The molecule has 1 amide bonds. The Hall–Kier alpha value is -2.96. The highest BCUT2D eigenvalue weighted by Crippen LogP contribution is 2.26. The molecule has 0 unspecified atom stereocenters. The van der Waals surface area contributed by atoms with Gasteiger partial charge >= 0.3 is 5.97 Å². The number of amides is 1. The molecule has 138 valence electrons. The second-order valence-electron chi connectivity index (χ2n) is 6.43. The van der Waals surface area contributed by atoms with Crippen LogP contribution in [0.2, 0.25) is 0 Å². The molecule has 0 aliphatic carbocycles. The first-order chi connectivity index (χ1) is 12.3. The summed E-state index contributed by atoms with van der Waals surface area (Å²) in [7, 11) is 0. The molecule has 26 heavy (non-hydrogen) atoms. The highest BCUT2D eigenvalue weighted by atomic mass is 16.5. The van der Waals surface area contributed by atoms with Crippen molar-refractivity contribution in [2.75, 3.05) is 6.54 Å². The summed E-state index contributed by atoms with van der Waals surface area (Å²) in [5.74, 6) is -1.05. The predicted octanol–water partition coefficient (Wildman–Crippen LogP) is 2.24. The van der Waals surface area contributed by atoms with Crippen LogP contribution < -0.4 is 10.9 Å². The number of hydrogen-bond donors (Lipinski definition) is 2. The molecule has 1 aromatic carbocycles. The Balaban J connectivity index is 2.27. The number of carbonyl (C=O) groups excluding carboxylic acids is 2. The van der Waals surface area contributed by atoms with Gasteiger partial charge in [0.2, 0.25) is 0 Å².